The van der Waals surface area contributed by atoms with Crippen LogP contribution in [0.3, 0.4) is 0 Å². The minimum Gasteiger partial charge on any atom is -0.164 e. The Hall–Kier alpha value is -0.840. The van der Waals surface area contributed by atoms with Crippen LogP contribution in [0.1, 0.15) is 5.69 Å². The van der Waals surface area contributed by atoms with Crippen LogP contribution in [0.2, 0.25) is 5.02 Å². The van der Waals surface area contributed by atoms with Gasteiger partial charge in [-0.25, -0.2) is 0 Å². The lowest BCUT2D eigenvalue weighted by atomic mass is 10.4. The first-order chi connectivity index (χ1) is 5.02. The van der Waals surface area contributed by atoms with Crippen LogP contribution in [0, 0.1) is 0 Å². The summed E-state index contributed by atoms with van der Waals surface area (Å²) in [4.78, 5) is 0. The average molecular weight is 183 g/mol. The number of alkyl halides is 3. The first-order valence-electron chi connectivity index (χ1n) is 2.56. The minimum atomic E-state index is -4.52. The summed E-state index contributed by atoms with van der Waals surface area (Å²) in [6, 6.07) is 1.04. The third-order valence-corrected chi connectivity index (χ3v) is 1.24. The van der Waals surface area contributed by atoms with E-state index in [0.29, 0.717) is 0 Å². The van der Waals surface area contributed by atoms with Crippen LogP contribution in [-0.2, 0) is 6.18 Å². The molecule has 0 saturated heterocycles. The molecule has 1 rings (SSSR count). The van der Waals surface area contributed by atoms with E-state index in [-0.39, 0.29) is 0 Å². The Labute approximate surface area is 65.0 Å². The summed E-state index contributed by atoms with van der Waals surface area (Å²) in [6.07, 6.45) is -3.43. The number of rotatable bonds is 0. The van der Waals surface area contributed by atoms with Crippen LogP contribution in [0.4, 0.5) is 13.2 Å². The molecule has 0 amide bonds. The van der Waals surface area contributed by atoms with Crippen molar-refractivity contribution < 1.29 is 13.2 Å². The Morgan fingerprint density at radius 3 is 2.36 bits per heavy atom. The van der Waals surface area contributed by atoms with Gasteiger partial charge >= 0.3 is 6.18 Å². The van der Waals surface area contributed by atoms with Gasteiger partial charge in [-0.3, -0.25) is 0 Å². The van der Waals surface area contributed by atoms with E-state index in [9.17, 15) is 13.2 Å². The summed E-state index contributed by atoms with van der Waals surface area (Å²) >= 11 is 5.19. The van der Waals surface area contributed by atoms with Crippen molar-refractivity contribution in [3.05, 3.63) is 23.0 Å². The Kier molecular flexibility index (Phi) is 1.99. The fourth-order valence-corrected chi connectivity index (χ4v) is 0.710. The molecule has 0 aromatic carbocycles. The van der Waals surface area contributed by atoms with Crippen LogP contribution >= 0.6 is 11.6 Å². The van der Waals surface area contributed by atoms with E-state index >= 15 is 0 Å². The fourth-order valence-electron chi connectivity index (χ4n) is 0.509. The highest BCUT2D eigenvalue weighted by molar-refractivity contribution is 6.31. The summed E-state index contributed by atoms with van der Waals surface area (Å²) in [7, 11) is 0. The maximum Gasteiger partial charge on any atom is 0.436 e. The molecule has 0 unspecified atom stereocenters. The molecule has 0 spiro atoms. The molecule has 1 aromatic heterocycles. The predicted octanol–water partition coefficient (Wildman–Crippen LogP) is 2.15. The van der Waals surface area contributed by atoms with Gasteiger partial charge in [-0.1, -0.05) is 11.6 Å². The summed E-state index contributed by atoms with van der Waals surface area (Å²) in [5, 5.41) is 5.46. The molecule has 0 aliphatic rings. The molecule has 0 atom stereocenters. The standard InChI is InChI=1S/C5H2ClF3N2/c6-3-1-2-10-11-4(3)5(7,8)9/h1-2H. The van der Waals surface area contributed by atoms with Gasteiger partial charge < -0.3 is 0 Å². The van der Waals surface area contributed by atoms with E-state index < -0.39 is 16.9 Å². The quantitative estimate of drug-likeness (QED) is 0.614. The molecule has 6 heteroatoms. The molecule has 2 nitrogen and oxygen atoms in total. The Balaban J connectivity index is 3.14. The Morgan fingerprint density at radius 1 is 1.36 bits per heavy atom. The maximum atomic E-state index is 11.9. The van der Waals surface area contributed by atoms with Crippen LogP contribution in [0.25, 0.3) is 0 Å². The zero-order chi connectivity index (χ0) is 8.48. The maximum absolute atomic E-state index is 11.9. The molecule has 0 radical (unpaired) electrons. The molecule has 0 saturated carbocycles. The second-order valence-electron chi connectivity index (χ2n) is 1.73. The van der Waals surface area contributed by atoms with E-state index in [1.807, 2.05) is 0 Å². The van der Waals surface area contributed by atoms with E-state index in [0.717, 1.165) is 12.3 Å². The molecule has 1 aromatic rings. The van der Waals surface area contributed by atoms with Crippen molar-refractivity contribution in [2.24, 2.45) is 0 Å². The van der Waals surface area contributed by atoms with Gasteiger partial charge in [0.2, 0.25) is 0 Å². The van der Waals surface area contributed by atoms with Gasteiger partial charge in [0.1, 0.15) is 0 Å². The lowest BCUT2D eigenvalue weighted by Gasteiger charge is -2.04. The normalized spacial score (nSPS) is 11.6. The molecular formula is C5H2ClF3N2. The van der Waals surface area contributed by atoms with E-state index in [4.69, 9.17) is 11.6 Å². The third-order valence-electron chi connectivity index (χ3n) is 0.940. The first kappa shape index (κ1) is 8.26. The number of hydrogen-bond acceptors (Lipinski definition) is 2. The Bertz CT molecular complexity index is 260. The zero-order valence-corrected chi connectivity index (χ0v) is 5.82. The van der Waals surface area contributed by atoms with Gasteiger partial charge in [-0.05, 0) is 6.07 Å². The first-order valence-corrected chi connectivity index (χ1v) is 2.94. The predicted molar refractivity (Wildman–Crippen MR) is 32.0 cm³/mol. The molecule has 0 N–H and O–H groups in total. The van der Waals surface area contributed by atoms with Crippen molar-refractivity contribution in [3.63, 3.8) is 0 Å². The van der Waals surface area contributed by atoms with Crippen molar-refractivity contribution in [1.82, 2.24) is 10.2 Å². The van der Waals surface area contributed by atoms with Crippen LogP contribution in [-0.4, -0.2) is 10.2 Å². The number of nitrogens with zero attached hydrogens (tertiary/aromatic N) is 2. The van der Waals surface area contributed by atoms with Crippen molar-refractivity contribution in [1.29, 1.82) is 0 Å². The van der Waals surface area contributed by atoms with Gasteiger partial charge in [0, 0.05) is 0 Å². The van der Waals surface area contributed by atoms with Crippen LogP contribution in [0.15, 0.2) is 12.3 Å². The topological polar surface area (TPSA) is 25.8 Å². The zero-order valence-electron chi connectivity index (χ0n) is 5.06. The minimum absolute atomic E-state index is 0.437. The highest BCUT2D eigenvalue weighted by Gasteiger charge is 2.35. The van der Waals surface area contributed by atoms with E-state index in [1.54, 1.807) is 0 Å². The largest absolute Gasteiger partial charge is 0.436 e. The molecule has 1 heterocycles. The Morgan fingerprint density at radius 2 is 2.00 bits per heavy atom. The van der Waals surface area contributed by atoms with Gasteiger partial charge in [0.05, 0.1) is 11.2 Å². The van der Waals surface area contributed by atoms with Gasteiger partial charge in [0.25, 0.3) is 0 Å². The molecule has 0 bridgehead atoms. The van der Waals surface area contributed by atoms with Gasteiger partial charge in [-0.15, -0.1) is 5.10 Å². The number of halogens is 4. The third kappa shape index (κ3) is 1.80. The SMILES string of the molecule is FC(F)(F)c1nnccc1Cl. The summed E-state index contributed by atoms with van der Waals surface area (Å²) in [5.74, 6) is 0. The second-order valence-corrected chi connectivity index (χ2v) is 2.13. The molecule has 0 aliphatic carbocycles. The summed E-state index contributed by atoms with van der Waals surface area (Å²) in [6.45, 7) is 0. The summed E-state index contributed by atoms with van der Waals surface area (Å²) in [5.41, 5.74) is -1.15. The fraction of sp³-hybridized carbons (Fsp3) is 0.200. The van der Waals surface area contributed by atoms with Crippen LogP contribution in [0.5, 0.6) is 0 Å². The number of aromatic nitrogens is 2. The lowest BCUT2D eigenvalue weighted by Crippen LogP contribution is -2.09. The van der Waals surface area contributed by atoms with E-state index in [2.05, 4.69) is 10.2 Å². The van der Waals surface area contributed by atoms with E-state index in [1.165, 1.54) is 0 Å². The molecule has 0 aliphatic heterocycles. The molecule has 60 valence electrons. The van der Waals surface area contributed by atoms with Crippen molar-refractivity contribution in [3.8, 4) is 0 Å². The average Bonchev–Trinajstić information content (AvgIpc) is 1.86. The molecule has 0 fully saturated rings. The highest BCUT2D eigenvalue weighted by atomic mass is 35.5. The van der Waals surface area contributed by atoms with Crippen molar-refractivity contribution in [2.45, 2.75) is 6.18 Å². The van der Waals surface area contributed by atoms with Gasteiger partial charge in [-0.2, -0.15) is 18.3 Å². The summed E-state index contributed by atoms with van der Waals surface area (Å²) < 4.78 is 35.6. The highest BCUT2D eigenvalue weighted by Crippen LogP contribution is 2.31. The van der Waals surface area contributed by atoms with Crippen molar-refractivity contribution >= 4 is 11.6 Å². The smallest absolute Gasteiger partial charge is 0.164 e. The van der Waals surface area contributed by atoms with Crippen LogP contribution < -0.4 is 0 Å². The second kappa shape index (κ2) is 2.65. The van der Waals surface area contributed by atoms with Crippen molar-refractivity contribution in [2.75, 3.05) is 0 Å². The van der Waals surface area contributed by atoms with Gasteiger partial charge in [0.15, 0.2) is 5.69 Å². The lowest BCUT2D eigenvalue weighted by molar-refractivity contribution is -0.141. The molecule has 11 heavy (non-hydrogen) atoms. The molecular weight excluding hydrogens is 181 g/mol. The monoisotopic (exact) mass is 182 g/mol. The number of hydrogen-bond donors (Lipinski definition) is 0.